The van der Waals surface area contributed by atoms with Crippen LogP contribution in [0.2, 0.25) is 0 Å². The maximum Gasteiger partial charge on any atom is 0.139 e. The molecular weight excluding hydrogens is 178 g/mol. The molecule has 3 rings (SSSR count). The zero-order chi connectivity index (χ0) is 9.38. The predicted octanol–water partition coefficient (Wildman–Crippen LogP) is 1.14. The third-order valence-corrected chi connectivity index (χ3v) is 2.10. The average molecular weight is 185 g/mol. The lowest BCUT2D eigenvalue weighted by atomic mass is 10.3. The molecule has 0 aliphatic carbocycles. The number of hydrogen-bond donors (Lipinski definition) is 1. The van der Waals surface area contributed by atoms with Gasteiger partial charge in [0.25, 0.3) is 0 Å². The van der Waals surface area contributed by atoms with Crippen molar-refractivity contribution in [2.24, 2.45) is 0 Å². The summed E-state index contributed by atoms with van der Waals surface area (Å²) in [6.45, 7) is 0. The van der Waals surface area contributed by atoms with Gasteiger partial charge >= 0.3 is 0 Å². The quantitative estimate of drug-likeness (QED) is 0.618. The molecule has 0 aromatic carbocycles. The van der Waals surface area contributed by atoms with Gasteiger partial charge in [-0.3, -0.25) is 0 Å². The van der Waals surface area contributed by atoms with Crippen LogP contribution in [0.5, 0.6) is 0 Å². The van der Waals surface area contributed by atoms with E-state index < -0.39 is 0 Å². The van der Waals surface area contributed by atoms with E-state index in [1.807, 2.05) is 18.3 Å². The highest BCUT2D eigenvalue weighted by Gasteiger charge is 2.04. The number of rotatable bonds is 1. The van der Waals surface area contributed by atoms with Gasteiger partial charge in [0.05, 0.1) is 5.69 Å². The molecule has 0 amide bonds. The fourth-order valence-corrected chi connectivity index (χ4v) is 1.48. The van der Waals surface area contributed by atoms with Gasteiger partial charge in [-0.1, -0.05) is 0 Å². The second-order valence-corrected chi connectivity index (χ2v) is 2.91. The van der Waals surface area contributed by atoms with Gasteiger partial charge in [0.1, 0.15) is 18.3 Å². The van der Waals surface area contributed by atoms with E-state index in [1.165, 1.54) is 6.33 Å². The van der Waals surface area contributed by atoms with Crippen molar-refractivity contribution in [3.8, 4) is 5.69 Å². The molecule has 5 nitrogen and oxygen atoms in total. The molecule has 0 atom stereocenters. The van der Waals surface area contributed by atoms with Crippen molar-refractivity contribution in [3.63, 3.8) is 0 Å². The van der Waals surface area contributed by atoms with Crippen LogP contribution in [0.1, 0.15) is 0 Å². The summed E-state index contributed by atoms with van der Waals surface area (Å²) >= 11 is 0. The van der Waals surface area contributed by atoms with Crippen LogP contribution in [0.3, 0.4) is 0 Å². The molecule has 5 heteroatoms. The summed E-state index contributed by atoms with van der Waals surface area (Å²) in [4.78, 5) is 11.2. The van der Waals surface area contributed by atoms with Crippen molar-refractivity contribution in [1.29, 1.82) is 0 Å². The van der Waals surface area contributed by atoms with E-state index in [0.29, 0.717) is 0 Å². The van der Waals surface area contributed by atoms with Crippen molar-refractivity contribution in [3.05, 3.63) is 37.2 Å². The largest absolute Gasteiger partial charge is 0.346 e. The Bertz CT molecular complexity index is 551. The van der Waals surface area contributed by atoms with Gasteiger partial charge in [-0.25, -0.2) is 14.6 Å². The predicted molar refractivity (Wildman–Crippen MR) is 51.0 cm³/mol. The van der Waals surface area contributed by atoms with Gasteiger partial charge in [-0.15, -0.1) is 0 Å². The number of aromatic amines is 1. The summed E-state index contributed by atoms with van der Waals surface area (Å²) in [7, 11) is 0. The van der Waals surface area contributed by atoms with Gasteiger partial charge in [0.15, 0.2) is 0 Å². The SMILES string of the molecule is c1cc(-n2cncn2)c2cc[nH]c2n1. The van der Waals surface area contributed by atoms with Crippen LogP contribution < -0.4 is 0 Å². The Morgan fingerprint density at radius 2 is 2.29 bits per heavy atom. The number of fused-ring (bicyclic) bond motifs is 1. The van der Waals surface area contributed by atoms with E-state index in [9.17, 15) is 0 Å². The van der Waals surface area contributed by atoms with Crippen molar-refractivity contribution in [2.45, 2.75) is 0 Å². The van der Waals surface area contributed by atoms with E-state index in [4.69, 9.17) is 0 Å². The first-order valence-corrected chi connectivity index (χ1v) is 4.22. The molecule has 0 aliphatic rings. The monoisotopic (exact) mass is 185 g/mol. The Kier molecular flexibility index (Phi) is 1.38. The lowest BCUT2D eigenvalue weighted by Gasteiger charge is -2.00. The zero-order valence-corrected chi connectivity index (χ0v) is 7.25. The summed E-state index contributed by atoms with van der Waals surface area (Å²) in [6.07, 6.45) is 6.79. The number of pyridine rings is 1. The molecule has 1 N–H and O–H groups in total. The first kappa shape index (κ1) is 7.25. The number of hydrogen-bond acceptors (Lipinski definition) is 3. The Morgan fingerprint density at radius 1 is 1.29 bits per heavy atom. The van der Waals surface area contributed by atoms with Crippen LogP contribution in [0.25, 0.3) is 16.7 Å². The topological polar surface area (TPSA) is 59.4 Å². The maximum absolute atomic E-state index is 4.19. The van der Waals surface area contributed by atoms with Crippen molar-refractivity contribution < 1.29 is 0 Å². The second kappa shape index (κ2) is 2.66. The van der Waals surface area contributed by atoms with E-state index in [-0.39, 0.29) is 0 Å². The normalized spacial score (nSPS) is 10.9. The summed E-state index contributed by atoms with van der Waals surface area (Å²) < 4.78 is 1.72. The maximum atomic E-state index is 4.19. The molecule has 68 valence electrons. The van der Waals surface area contributed by atoms with Gasteiger partial charge in [-0.2, -0.15) is 5.10 Å². The molecule has 0 fully saturated rings. The van der Waals surface area contributed by atoms with Gasteiger partial charge in [-0.05, 0) is 12.1 Å². The van der Waals surface area contributed by atoms with Crippen molar-refractivity contribution in [2.75, 3.05) is 0 Å². The van der Waals surface area contributed by atoms with Crippen LogP contribution in [0.4, 0.5) is 0 Å². The highest BCUT2D eigenvalue weighted by Crippen LogP contribution is 2.17. The van der Waals surface area contributed by atoms with Gasteiger partial charge in [0.2, 0.25) is 0 Å². The summed E-state index contributed by atoms with van der Waals surface area (Å²) in [5, 5.41) is 5.12. The minimum absolute atomic E-state index is 0.859. The average Bonchev–Trinajstić information content (AvgIpc) is 2.88. The fourth-order valence-electron chi connectivity index (χ4n) is 1.48. The number of nitrogens with zero attached hydrogens (tertiary/aromatic N) is 4. The Balaban J connectivity index is 2.36. The molecule has 0 aliphatic heterocycles. The van der Waals surface area contributed by atoms with Gasteiger partial charge in [0, 0.05) is 17.8 Å². The van der Waals surface area contributed by atoms with E-state index >= 15 is 0 Å². The van der Waals surface area contributed by atoms with Gasteiger partial charge < -0.3 is 4.98 Å². The lowest BCUT2D eigenvalue weighted by molar-refractivity contribution is 0.885. The van der Waals surface area contributed by atoms with Crippen LogP contribution in [-0.2, 0) is 0 Å². The Hall–Kier alpha value is -2.17. The zero-order valence-electron chi connectivity index (χ0n) is 7.25. The third kappa shape index (κ3) is 0.922. The van der Waals surface area contributed by atoms with Crippen LogP contribution in [0.15, 0.2) is 37.2 Å². The highest BCUT2D eigenvalue weighted by atomic mass is 15.3. The second-order valence-electron chi connectivity index (χ2n) is 2.91. The van der Waals surface area contributed by atoms with Crippen LogP contribution >= 0.6 is 0 Å². The van der Waals surface area contributed by atoms with Crippen molar-refractivity contribution >= 4 is 11.0 Å². The first-order valence-electron chi connectivity index (χ1n) is 4.22. The smallest absolute Gasteiger partial charge is 0.139 e. The van der Waals surface area contributed by atoms with Crippen molar-refractivity contribution in [1.82, 2.24) is 24.7 Å². The molecule has 0 spiro atoms. The molecular formula is C9H7N5. The standard InChI is InChI=1S/C9H7N5/c1-3-11-9-7(1)8(2-4-12-9)14-6-10-5-13-14/h1-6H,(H,11,12). The molecule has 3 aromatic rings. The molecule has 0 saturated heterocycles. The third-order valence-electron chi connectivity index (χ3n) is 2.10. The molecule has 0 radical (unpaired) electrons. The number of nitrogens with one attached hydrogen (secondary N) is 1. The molecule has 0 bridgehead atoms. The van der Waals surface area contributed by atoms with Crippen LogP contribution in [-0.4, -0.2) is 24.7 Å². The van der Waals surface area contributed by atoms with E-state index in [1.54, 1.807) is 17.2 Å². The van der Waals surface area contributed by atoms with E-state index in [2.05, 4.69) is 20.1 Å². The summed E-state index contributed by atoms with van der Waals surface area (Å²) in [5.41, 5.74) is 1.84. The fraction of sp³-hybridized carbons (Fsp3) is 0. The Morgan fingerprint density at radius 3 is 3.14 bits per heavy atom. The molecule has 3 heterocycles. The minimum Gasteiger partial charge on any atom is -0.346 e. The molecule has 0 saturated carbocycles. The number of aromatic nitrogens is 5. The molecule has 14 heavy (non-hydrogen) atoms. The van der Waals surface area contributed by atoms with E-state index in [0.717, 1.165) is 16.7 Å². The highest BCUT2D eigenvalue weighted by molar-refractivity contribution is 5.84. The Labute approximate surface area is 79.4 Å². The van der Waals surface area contributed by atoms with Crippen LogP contribution in [0, 0.1) is 0 Å². The summed E-state index contributed by atoms with van der Waals surface area (Å²) in [6, 6.07) is 3.88. The minimum atomic E-state index is 0.859. The lowest BCUT2D eigenvalue weighted by Crippen LogP contribution is -1.95. The molecule has 0 unspecified atom stereocenters. The number of H-pyrrole nitrogens is 1. The first-order chi connectivity index (χ1) is 6.95. The molecule has 3 aromatic heterocycles. The summed E-state index contributed by atoms with van der Waals surface area (Å²) in [5.74, 6) is 0.